The third kappa shape index (κ3) is 1.80. The van der Waals surface area contributed by atoms with Gasteiger partial charge >= 0.3 is 0 Å². The summed E-state index contributed by atoms with van der Waals surface area (Å²) in [4.78, 5) is 0. The van der Waals surface area contributed by atoms with Gasteiger partial charge in [-0.05, 0) is 11.6 Å². The Kier molecular flexibility index (Phi) is 2.79. The fourth-order valence-electron chi connectivity index (χ4n) is 0.884. The molecule has 60 valence electrons. The molecule has 0 amide bonds. The van der Waals surface area contributed by atoms with Crippen LogP contribution in [0.1, 0.15) is 11.1 Å². The number of nitrogens with two attached hydrogens (primary N) is 1. The van der Waals surface area contributed by atoms with E-state index in [4.69, 9.17) is 11.1 Å². The predicted octanol–water partition coefficient (Wildman–Crippen LogP) is 1.38. The standard InChI is InChI=1S/C8H8N4/c9-5-7-3-1-2-4-8(7)6-11-12-10/h1-4H,6H2,(H2,10,11). The molecule has 0 radical (unpaired) electrons. The van der Waals surface area contributed by atoms with Crippen molar-refractivity contribution in [2.75, 3.05) is 0 Å². The monoisotopic (exact) mass is 160 g/mol. The Labute approximate surface area is 70.3 Å². The zero-order chi connectivity index (χ0) is 8.81. The fourth-order valence-corrected chi connectivity index (χ4v) is 0.884. The Bertz CT molecular complexity index is 324. The van der Waals surface area contributed by atoms with Crippen molar-refractivity contribution in [1.29, 1.82) is 5.26 Å². The van der Waals surface area contributed by atoms with Crippen LogP contribution in [0.3, 0.4) is 0 Å². The molecule has 0 unspecified atom stereocenters. The maximum atomic E-state index is 8.66. The Morgan fingerprint density at radius 3 is 2.83 bits per heavy atom. The highest BCUT2D eigenvalue weighted by atomic mass is 15.3. The lowest BCUT2D eigenvalue weighted by Crippen LogP contribution is -1.87. The summed E-state index contributed by atoms with van der Waals surface area (Å²) < 4.78 is 0. The highest BCUT2D eigenvalue weighted by Gasteiger charge is 1.97. The quantitative estimate of drug-likeness (QED) is 0.403. The first kappa shape index (κ1) is 8.21. The minimum atomic E-state index is 0.361. The van der Waals surface area contributed by atoms with E-state index in [1.165, 1.54) is 0 Å². The molecule has 0 saturated heterocycles. The zero-order valence-corrected chi connectivity index (χ0v) is 6.44. The van der Waals surface area contributed by atoms with E-state index in [0.717, 1.165) is 5.56 Å². The summed E-state index contributed by atoms with van der Waals surface area (Å²) in [6.07, 6.45) is 0. The first-order chi connectivity index (χ1) is 5.88. The molecule has 0 heterocycles. The minimum Gasteiger partial charge on any atom is -0.305 e. The molecule has 0 bridgehead atoms. The summed E-state index contributed by atoms with van der Waals surface area (Å²) >= 11 is 0. The topological polar surface area (TPSA) is 74.5 Å². The average Bonchev–Trinajstić information content (AvgIpc) is 2.15. The predicted molar refractivity (Wildman–Crippen MR) is 43.9 cm³/mol. The molecule has 0 aromatic heterocycles. The third-order valence-corrected chi connectivity index (χ3v) is 1.46. The smallest absolute Gasteiger partial charge is 0.0995 e. The largest absolute Gasteiger partial charge is 0.305 e. The van der Waals surface area contributed by atoms with Gasteiger partial charge < -0.3 is 5.84 Å². The van der Waals surface area contributed by atoms with Crippen LogP contribution in [-0.4, -0.2) is 0 Å². The molecule has 4 nitrogen and oxygen atoms in total. The van der Waals surface area contributed by atoms with E-state index in [9.17, 15) is 0 Å². The molecule has 0 aliphatic carbocycles. The van der Waals surface area contributed by atoms with Crippen LogP contribution in [0.4, 0.5) is 0 Å². The van der Waals surface area contributed by atoms with E-state index in [0.29, 0.717) is 12.1 Å². The van der Waals surface area contributed by atoms with Gasteiger partial charge in [-0.3, -0.25) is 0 Å². The second kappa shape index (κ2) is 4.09. The van der Waals surface area contributed by atoms with E-state index in [2.05, 4.69) is 16.4 Å². The van der Waals surface area contributed by atoms with Crippen molar-refractivity contribution in [3.05, 3.63) is 35.4 Å². The lowest BCUT2D eigenvalue weighted by Gasteiger charge is -1.96. The van der Waals surface area contributed by atoms with Gasteiger partial charge in [-0.2, -0.15) is 10.4 Å². The number of nitrogens with zero attached hydrogens (tertiary/aromatic N) is 3. The van der Waals surface area contributed by atoms with Crippen LogP contribution < -0.4 is 5.84 Å². The average molecular weight is 160 g/mol. The van der Waals surface area contributed by atoms with Gasteiger partial charge in [-0.1, -0.05) is 23.4 Å². The summed E-state index contributed by atoms with van der Waals surface area (Å²) in [5.74, 6) is 4.84. The van der Waals surface area contributed by atoms with Crippen molar-refractivity contribution in [2.24, 2.45) is 16.2 Å². The highest BCUT2D eigenvalue weighted by molar-refractivity contribution is 5.37. The Morgan fingerprint density at radius 1 is 1.42 bits per heavy atom. The Balaban J connectivity index is 2.91. The molecular weight excluding hydrogens is 152 g/mol. The Hall–Kier alpha value is -1.89. The molecule has 1 rings (SSSR count). The molecule has 0 aliphatic rings. The van der Waals surface area contributed by atoms with Crippen LogP contribution in [0.5, 0.6) is 0 Å². The van der Waals surface area contributed by atoms with Crippen LogP contribution in [0.15, 0.2) is 34.6 Å². The van der Waals surface area contributed by atoms with Gasteiger partial charge in [0.1, 0.15) is 0 Å². The van der Waals surface area contributed by atoms with E-state index in [1.807, 2.05) is 18.2 Å². The first-order valence-electron chi connectivity index (χ1n) is 3.43. The molecule has 12 heavy (non-hydrogen) atoms. The molecule has 1 aromatic carbocycles. The van der Waals surface area contributed by atoms with Crippen molar-refractivity contribution in [3.63, 3.8) is 0 Å². The number of hydrogen-bond acceptors (Lipinski definition) is 3. The lowest BCUT2D eigenvalue weighted by atomic mass is 10.1. The van der Waals surface area contributed by atoms with Crippen molar-refractivity contribution in [1.82, 2.24) is 0 Å². The molecule has 0 saturated carbocycles. The van der Waals surface area contributed by atoms with E-state index in [-0.39, 0.29) is 0 Å². The van der Waals surface area contributed by atoms with Gasteiger partial charge in [0.05, 0.1) is 18.2 Å². The number of hydrogen-bond donors (Lipinski definition) is 1. The Morgan fingerprint density at radius 2 is 2.17 bits per heavy atom. The summed E-state index contributed by atoms with van der Waals surface area (Å²) in [5.41, 5.74) is 1.46. The summed E-state index contributed by atoms with van der Waals surface area (Å²) in [5, 5.41) is 15.4. The normalized spacial score (nSPS) is 9.92. The summed E-state index contributed by atoms with van der Waals surface area (Å²) in [7, 11) is 0. The van der Waals surface area contributed by atoms with Crippen LogP contribution in [-0.2, 0) is 6.54 Å². The second-order valence-corrected chi connectivity index (χ2v) is 2.18. The van der Waals surface area contributed by atoms with Crippen molar-refractivity contribution in [3.8, 4) is 6.07 Å². The van der Waals surface area contributed by atoms with E-state index in [1.54, 1.807) is 6.07 Å². The van der Waals surface area contributed by atoms with Crippen molar-refractivity contribution in [2.45, 2.75) is 6.54 Å². The van der Waals surface area contributed by atoms with Crippen molar-refractivity contribution < 1.29 is 0 Å². The van der Waals surface area contributed by atoms with Gasteiger partial charge in [0.25, 0.3) is 0 Å². The molecule has 2 N–H and O–H groups in total. The SMILES string of the molecule is N#Cc1ccccc1CN=NN. The van der Waals surface area contributed by atoms with Crippen LogP contribution in [0, 0.1) is 11.3 Å². The first-order valence-corrected chi connectivity index (χ1v) is 3.43. The number of rotatable bonds is 2. The molecule has 4 heteroatoms. The molecule has 0 atom stereocenters. The van der Waals surface area contributed by atoms with Gasteiger partial charge in [0, 0.05) is 0 Å². The molecule has 0 aliphatic heterocycles. The summed E-state index contributed by atoms with van der Waals surface area (Å²) in [6, 6.07) is 9.28. The minimum absolute atomic E-state index is 0.361. The van der Waals surface area contributed by atoms with Gasteiger partial charge in [0.2, 0.25) is 0 Å². The number of benzene rings is 1. The van der Waals surface area contributed by atoms with Crippen LogP contribution in [0.25, 0.3) is 0 Å². The second-order valence-electron chi connectivity index (χ2n) is 2.18. The van der Waals surface area contributed by atoms with Crippen LogP contribution >= 0.6 is 0 Å². The fraction of sp³-hybridized carbons (Fsp3) is 0.125. The summed E-state index contributed by atoms with van der Waals surface area (Å²) in [6.45, 7) is 0.361. The number of nitriles is 1. The van der Waals surface area contributed by atoms with E-state index < -0.39 is 0 Å². The highest BCUT2D eigenvalue weighted by Crippen LogP contribution is 2.07. The molecule has 0 fully saturated rings. The lowest BCUT2D eigenvalue weighted by molar-refractivity contribution is 0.890. The molecular formula is C8H8N4. The maximum absolute atomic E-state index is 8.66. The molecule has 1 aromatic rings. The zero-order valence-electron chi connectivity index (χ0n) is 6.44. The van der Waals surface area contributed by atoms with Gasteiger partial charge in [0.15, 0.2) is 0 Å². The van der Waals surface area contributed by atoms with Crippen LogP contribution in [0.2, 0.25) is 0 Å². The van der Waals surface area contributed by atoms with E-state index >= 15 is 0 Å². The van der Waals surface area contributed by atoms with Crippen molar-refractivity contribution >= 4 is 0 Å². The maximum Gasteiger partial charge on any atom is 0.0995 e. The van der Waals surface area contributed by atoms with Gasteiger partial charge in [-0.15, -0.1) is 0 Å². The molecule has 0 spiro atoms. The van der Waals surface area contributed by atoms with Gasteiger partial charge in [-0.25, -0.2) is 0 Å². The third-order valence-electron chi connectivity index (χ3n) is 1.46.